The second kappa shape index (κ2) is 8.85. The monoisotopic (exact) mass is 439 g/mol. The third kappa shape index (κ3) is 4.38. The van der Waals surface area contributed by atoms with E-state index in [2.05, 4.69) is 16.4 Å². The number of carbonyl (C=O) groups is 2. The first-order chi connectivity index (χ1) is 15.9. The molecule has 2 aromatic heterocycles. The fourth-order valence-electron chi connectivity index (χ4n) is 3.69. The molecule has 2 aromatic carbocycles. The lowest BCUT2D eigenvalue weighted by Crippen LogP contribution is -2.32. The Morgan fingerprint density at radius 3 is 2.58 bits per heavy atom. The molecule has 0 aliphatic heterocycles. The molecule has 2 heterocycles. The van der Waals surface area contributed by atoms with Crippen molar-refractivity contribution in [1.29, 1.82) is 5.26 Å². The van der Waals surface area contributed by atoms with Crippen molar-refractivity contribution in [2.24, 2.45) is 5.73 Å². The second-order valence-corrected chi connectivity index (χ2v) is 7.70. The van der Waals surface area contributed by atoms with E-state index in [1.54, 1.807) is 43.5 Å². The van der Waals surface area contributed by atoms with Crippen LogP contribution in [0.15, 0.2) is 65.7 Å². The van der Waals surface area contributed by atoms with E-state index < -0.39 is 11.6 Å². The van der Waals surface area contributed by atoms with Gasteiger partial charge in [0.2, 0.25) is 0 Å². The van der Waals surface area contributed by atoms with Crippen molar-refractivity contribution in [3.63, 3.8) is 0 Å². The molecule has 0 aliphatic carbocycles. The van der Waals surface area contributed by atoms with Gasteiger partial charge in [0.25, 0.3) is 11.5 Å². The summed E-state index contributed by atoms with van der Waals surface area (Å²) in [5.74, 6) is -0.208. The van der Waals surface area contributed by atoms with Gasteiger partial charge >= 0.3 is 6.03 Å². The number of benzene rings is 2. The summed E-state index contributed by atoms with van der Waals surface area (Å²) < 4.78 is 0.871. The number of hydrogen-bond donors (Lipinski definition) is 3. The van der Waals surface area contributed by atoms with Crippen LogP contribution >= 0.6 is 0 Å². The summed E-state index contributed by atoms with van der Waals surface area (Å²) in [7, 11) is 0. The summed E-state index contributed by atoms with van der Waals surface area (Å²) in [6, 6.07) is 15.7. The Balaban J connectivity index is 1.42. The summed E-state index contributed by atoms with van der Waals surface area (Å²) in [5.41, 5.74) is 9.62. The molecule has 0 bridgehead atoms. The largest absolute Gasteiger partial charge is 0.360 e. The van der Waals surface area contributed by atoms with Gasteiger partial charge in [0.15, 0.2) is 0 Å². The number of nitrogens with one attached hydrogen (secondary N) is 2. The lowest BCUT2D eigenvalue weighted by Gasteiger charge is -2.09. The molecule has 8 heteroatoms. The van der Waals surface area contributed by atoms with Gasteiger partial charge in [-0.2, -0.15) is 5.26 Å². The minimum absolute atomic E-state index is 0.208. The number of primary amides is 1. The predicted octanol–water partition coefficient (Wildman–Crippen LogP) is 3.08. The molecule has 0 fully saturated rings. The number of aromatic nitrogens is 2. The van der Waals surface area contributed by atoms with Crippen LogP contribution in [0.1, 0.15) is 27.0 Å². The van der Waals surface area contributed by atoms with Crippen LogP contribution in [0.3, 0.4) is 0 Å². The number of aromatic amines is 1. The first-order valence-electron chi connectivity index (χ1n) is 10.3. The van der Waals surface area contributed by atoms with Crippen molar-refractivity contribution < 1.29 is 9.59 Å². The van der Waals surface area contributed by atoms with E-state index in [0.29, 0.717) is 35.2 Å². The van der Waals surface area contributed by atoms with E-state index in [1.165, 1.54) is 6.20 Å². The highest BCUT2D eigenvalue weighted by molar-refractivity contribution is 5.94. The van der Waals surface area contributed by atoms with Crippen molar-refractivity contribution in [2.45, 2.75) is 13.3 Å². The molecule has 164 valence electrons. The lowest BCUT2D eigenvalue weighted by atomic mass is 10.0. The molecule has 0 saturated heterocycles. The third-order valence-electron chi connectivity index (χ3n) is 5.48. The highest BCUT2D eigenvalue weighted by Crippen LogP contribution is 2.21. The molecule has 0 spiro atoms. The Bertz CT molecular complexity index is 1470. The van der Waals surface area contributed by atoms with Crippen LogP contribution in [-0.2, 0) is 6.42 Å². The quantitative estimate of drug-likeness (QED) is 0.440. The van der Waals surface area contributed by atoms with Gasteiger partial charge in [-0.25, -0.2) is 9.36 Å². The van der Waals surface area contributed by atoms with Crippen LogP contribution in [0, 0.1) is 18.3 Å². The van der Waals surface area contributed by atoms with E-state index in [-0.39, 0.29) is 5.91 Å². The van der Waals surface area contributed by atoms with Crippen molar-refractivity contribution in [1.82, 2.24) is 14.9 Å². The number of hydrogen-bond acceptors (Lipinski definition) is 4. The average Bonchev–Trinajstić information content (AvgIpc) is 3.23. The van der Waals surface area contributed by atoms with Gasteiger partial charge in [-0.3, -0.25) is 9.59 Å². The number of rotatable bonds is 5. The van der Waals surface area contributed by atoms with E-state index in [4.69, 9.17) is 5.73 Å². The smallest absolute Gasteiger partial charge is 0.325 e. The minimum atomic E-state index is -0.847. The zero-order valence-electron chi connectivity index (χ0n) is 17.9. The number of nitrogens with zero attached hydrogens (tertiary/aromatic N) is 2. The zero-order chi connectivity index (χ0) is 23.5. The maximum Gasteiger partial charge on any atom is 0.325 e. The molecule has 0 aliphatic rings. The van der Waals surface area contributed by atoms with Gasteiger partial charge in [0.1, 0.15) is 6.07 Å². The van der Waals surface area contributed by atoms with Crippen LogP contribution < -0.4 is 16.6 Å². The molecule has 0 radical (unpaired) electrons. The Morgan fingerprint density at radius 1 is 1.12 bits per heavy atom. The first-order valence-corrected chi connectivity index (χ1v) is 10.3. The average molecular weight is 439 g/mol. The van der Waals surface area contributed by atoms with Crippen LogP contribution in [0.4, 0.5) is 4.79 Å². The number of amides is 2. The summed E-state index contributed by atoms with van der Waals surface area (Å²) in [5, 5.41) is 13.0. The zero-order valence-corrected chi connectivity index (χ0v) is 17.9. The molecular weight excluding hydrogens is 418 g/mol. The SMILES string of the molecule is Cc1cc(-c2ccc(C(=O)NCCc3ccc4[nH]cc(C#N)c4c3)cc2)cn(C(N)=O)c1=O. The van der Waals surface area contributed by atoms with Crippen molar-refractivity contribution in [3.8, 4) is 17.2 Å². The fourth-order valence-corrected chi connectivity index (χ4v) is 3.69. The van der Waals surface area contributed by atoms with Crippen molar-refractivity contribution in [3.05, 3.63) is 93.5 Å². The molecular formula is C25H21N5O3. The number of carbonyl (C=O) groups excluding carboxylic acids is 2. The Hall–Kier alpha value is -4.64. The molecule has 0 saturated carbocycles. The van der Waals surface area contributed by atoms with Gasteiger partial charge in [0.05, 0.1) is 5.56 Å². The fraction of sp³-hybridized carbons (Fsp3) is 0.120. The number of aryl methyl sites for hydroxylation is 1. The van der Waals surface area contributed by atoms with E-state index in [9.17, 15) is 19.6 Å². The molecule has 4 rings (SSSR count). The Kier molecular flexibility index (Phi) is 5.79. The molecule has 33 heavy (non-hydrogen) atoms. The minimum Gasteiger partial charge on any atom is -0.360 e. The standard InChI is InChI=1S/C25H21N5O3/c1-15-10-19(14-30(24(15)32)25(27)33)17-3-5-18(6-4-17)23(31)28-9-8-16-2-7-22-21(11-16)20(12-26)13-29-22/h2-7,10-11,13-14,29H,8-9H2,1H3,(H2,27,33)(H,28,31). The molecule has 8 nitrogen and oxygen atoms in total. The van der Waals surface area contributed by atoms with E-state index >= 15 is 0 Å². The number of nitrogens with two attached hydrogens (primary N) is 1. The maximum atomic E-state index is 12.5. The topological polar surface area (TPSA) is 134 Å². The third-order valence-corrected chi connectivity index (χ3v) is 5.48. The number of pyridine rings is 1. The normalized spacial score (nSPS) is 10.7. The predicted molar refractivity (Wildman–Crippen MR) is 125 cm³/mol. The number of H-pyrrole nitrogens is 1. The summed E-state index contributed by atoms with van der Waals surface area (Å²) >= 11 is 0. The van der Waals surface area contributed by atoms with Crippen LogP contribution in [0.2, 0.25) is 0 Å². The van der Waals surface area contributed by atoms with Gasteiger partial charge in [-0.05, 0) is 60.4 Å². The summed E-state index contributed by atoms with van der Waals surface area (Å²) in [6.45, 7) is 2.06. The molecule has 2 amide bonds. The Morgan fingerprint density at radius 2 is 1.88 bits per heavy atom. The van der Waals surface area contributed by atoms with E-state index in [0.717, 1.165) is 26.6 Å². The van der Waals surface area contributed by atoms with Gasteiger partial charge in [0, 0.05) is 41.0 Å². The lowest BCUT2D eigenvalue weighted by molar-refractivity contribution is 0.0954. The summed E-state index contributed by atoms with van der Waals surface area (Å²) in [4.78, 5) is 39.1. The van der Waals surface area contributed by atoms with Crippen molar-refractivity contribution >= 4 is 22.8 Å². The molecule has 4 aromatic rings. The molecule has 4 N–H and O–H groups in total. The number of nitriles is 1. The van der Waals surface area contributed by atoms with Crippen molar-refractivity contribution in [2.75, 3.05) is 6.54 Å². The van der Waals surface area contributed by atoms with Gasteiger partial charge in [-0.1, -0.05) is 18.2 Å². The van der Waals surface area contributed by atoms with Gasteiger partial charge < -0.3 is 16.0 Å². The van der Waals surface area contributed by atoms with Crippen LogP contribution in [-0.4, -0.2) is 28.0 Å². The molecule has 0 atom stereocenters. The van der Waals surface area contributed by atoms with Crippen LogP contribution in [0.25, 0.3) is 22.0 Å². The molecule has 0 unspecified atom stereocenters. The highest BCUT2D eigenvalue weighted by Gasteiger charge is 2.11. The highest BCUT2D eigenvalue weighted by atomic mass is 16.2. The van der Waals surface area contributed by atoms with E-state index in [1.807, 2.05) is 18.2 Å². The first kappa shape index (κ1) is 21.6. The number of fused-ring (bicyclic) bond motifs is 1. The summed E-state index contributed by atoms with van der Waals surface area (Å²) in [6.07, 6.45) is 3.71. The Labute approximate surface area is 189 Å². The maximum absolute atomic E-state index is 12.5. The van der Waals surface area contributed by atoms with Crippen LogP contribution in [0.5, 0.6) is 0 Å². The van der Waals surface area contributed by atoms with Gasteiger partial charge in [-0.15, -0.1) is 0 Å². The second-order valence-electron chi connectivity index (χ2n) is 7.70.